The van der Waals surface area contributed by atoms with E-state index in [0.29, 0.717) is 44.7 Å². The molecule has 0 radical (unpaired) electrons. The fourth-order valence-electron chi connectivity index (χ4n) is 3.83. The molecule has 3 amide bonds. The number of halogens is 5. The van der Waals surface area contributed by atoms with Gasteiger partial charge in [0.25, 0.3) is 0 Å². The average Bonchev–Trinajstić information content (AvgIpc) is 2.66. The molecule has 3 saturated heterocycles. The number of fused-ring (bicyclic) bond motifs is 1. The van der Waals surface area contributed by atoms with E-state index >= 15 is 0 Å². The number of piperidine rings is 1. The van der Waals surface area contributed by atoms with Crippen LogP contribution in [-0.2, 0) is 15.7 Å². The SMILES string of the molecule is O=C1CO[C@H]2CCN(C(=O)N3CC(C#Cc4c(F)cc(C(F)(F)F)cc4Cl)C3)C[C@H]2N1. The van der Waals surface area contributed by atoms with Crippen LogP contribution >= 0.6 is 11.6 Å². The second-order valence-electron chi connectivity index (χ2n) is 7.72. The first-order valence-electron chi connectivity index (χ1n) is 9.64. The van der Waals surface area contributed by atoms with Gasteiger partial charge in [-0.1, -0.05) is 23.4 Å². The number of hydrogen-bond acceptors (Lipinski definition) is 3. The molecule has 31 heavy (non-hydrogen) atoms. The highest BCUT2D eigenvalue weighted by molar-refractivity contribution is 6.31. The Morgan fingerprint density at radius 2 is 1.97 bits per heavy atom. The van der Waals surface area contributed by atoms with Gasteiger partial charge >= 0.3 is 12.2 Å². The number of nitrogens with zero attached hydrogens (tertiary/aromatic N) is 2. The summed E-state index contributed by atoms with van der Waals surface area (Å²) >= 11 is 5.78. The summed E-state index contributed by atoms with van der Waals surface area (Å²) in [5, 5.41) is 2.42. The first-order chi connectivity index (χ1) is 14.6. The van der Waals surface area contributed by atoms with Crippen LogP contribution in [0.15, 0.2) is 12.1 Å². The van der Waals surface area contributed by atoms with Crippen LogP contribution in [-0.4, -0.2) is 66.7 Å². The molecular formula is C20H18ClF4N3O3. The van der Waals surface area contributed by atoms with Gasteiger partial charge in [0.05, 0.1) is 34.2 Å². The van der Waals surface area contributed by atoms with Crippen molar-refractivity contribution in [2.24, 2.45) is 5.92 Å². The van der Waals surface area contributed by atoms with Crippen LogP contribution in [0.2, 0.25) is 5.02 Å². The zero-order valence-corrected chi connectivity index (χ0v) is 16.9. The lowest BCUT2D eigenvalue weighted by Crippen LogP contribution is -2.64. The summed E-state index contributed by atoms with van der Waals surface area (Å²) in [7, 11) is 0. The van der Waals surface area contributed by atoms with Gasteiger partial charge in [0.2, 0.25) is 5.91 Å². The van der Waals surface area contributed by atoms with Crippen molar-refractivity contribution >= 4 is 23.5 Å². The number of carbonyl (C=O) groups is 2. The lowest BCUT2D eigenvalue weighted by Gasteiger charge is -2.45. The maximum absolute atomic E-state index is 14.0. The Labute approximate surface area is 180 Å². The molecule has 3 fully saturated rings. The molecule has 4 rings (SSSR count). The number of hydrogen-bond donors (Lipinski definition) is 1. The number of ether oxygens (including phenoxy) is 1. The zero-order valence-electron chi connectivity index (χ0n) is 16.1. The molecule has 0 aromatic heterocycles. The lowest BCUT2D eigenvalue weighted by atomic mass is 9.98. The minimum atomic E-state index is -4.70. The fourth-order valence-corrected chi connectivity index (χ4v) is 4.09. The number of rotatable bonds is 0. The summed E-state index contributed by atoms with van der Waals surface area (Å²) in [5.74, 6) is 3.69. The maximum Gasteiger partial charge on any atom is 0.416 e. The Morgan fingerprint density at radius 1 is 1.23 bits per heavy atom. The Kier molecular flexibility index (Phi) is 5.75. The van der Waals surface area contributed by atoms with E-state index in [9.17, 15) is 27.2 Å². The largest absolute Gasteiger partial charge is 0.416 e. The minimum absolute atomic E-state index is 0.0329. The number of urea groups is 1. The number of alkyl halides is 3. The predicted octanol–water partition coefficient (Wildman–Crippen LogP) is 2.49. The molecule has 0 spiro atoms. The number of benzene rings is 1. The van der Waals surface area contributed by atoms with E-state index in [1.807, 2.05) is 0 Å². The molecule has 1 N–H and O–H groups in total. The van der Waals surface area contributed by atoms with E-state index in [0.717, 1.165) is 0 Å². The van der Waals surface area contributed by atoms with Crippen molar-refractivity contribution < 1.29 is 31.9 Å². The summed E-state index contributed by atoms with van der Waals surface area (Å²) in [6.45, 7) is 1.53. The zero-order chi connectivity index (χ0) is 22.3. The van der Waals surface area contributed by atoms with E-state index in [2.05, 4.69) is 17.2 Å². The van der Waals surface area contributed by atoms with Gasteiger partial charge in [-0.2, -0.15) is 13.2 Å². The average molecular weight is 460 g/mol. The molecule has 3 aliphatic heterocycles. The van der Waals surface area contributed by atoms with E-state index in [-0.39, 0.29) is 42.2 Å². The van der Waals surface area contributed by atoms with Crippen molar-refractivity contribution in [3.05, 3.63) is 34.1 Å². The smallest absolute Gasteiger partial charge is 0.366 e. The quantitative estimate of drug-likeness (QED) is 0.479. The number of likely N-dealkylation sites (tertiary alicyclic amines) is 2. The van der Waals surface area contributed by atoms with Crippen molar-refractivity contribution in [2.75, 3.05) is 32.8 Å². The molecule has 11 heteroatoms. The molecule has 0 aliphatic carbocycles. The van der Waals surface area contributed by atoms with Gasteiger partial charge < -0.3 is 19.9 Å². The van der Waals surface area contributed by atoms with Gasteiger partial charge in [-0.05, 0) is 18.6 Å². The highest BCUT2D eigenvalue weighted by Crippen LogP contribution is 2.33. The van der Waals surface area contributed by atoms with E-state index in [1.54, 1.807) is 9.80 Å². The first-order valence-corrected chi connectivity index (χ1v) is 10.0. The summed E-state index contributed by atoms with van der Waals surface area (Å²) in [6, 6.07) is 0.586. The summed E-state index contributed by atoms with van der Waals surface area (Å²) in [6.07, 6.45) is -4.17. The summed E-state index contributed by atoms with van der Waals surface area (Å²) in [5.41, 5.74) is -1.47. The Morgan fingerprint density at radius 3 is 2.65 bits per heavy atom. The third-order valence-electron chi connectivity index (χ3n) is 5.52. The van der Waals surface area contributed by atoms with Crippen LogP contribution in [0.25, 0.3) is 0 Å². The van der Waals surface area contributed by atoms with Crippen LogP contribution in [0.4, 0.5) is 22.4 Å². The van der Waals surface area contributed by atoms with Gasteiger partial charge in [-0.3, -0.25) is 4.79 Å². The normalized spacial score (nSPS) is 24.0. The molecule has 0 unspecified atom stereocenters. The third kappa shape index (κ3) is 4.57. The number of amides is 3. The van der Waals surface area contributed by atoms with Crippen LogP contribution in [0.5, 0.6) is 0 Å². The molecular weight excluding hydrogens is 442 g/mol. The minimum Gasteiger partial charge on any atom is -0.366 e. The Bertz CT molecular complexity index is 946. The third-order valence-corrected chi connectivity index (χ3v) is 5.82. The Balaban J connectivity index is 1.34. The second kappa shape index (κ2) is 8.20. The van der Waals surface area contributed by atoms with Gasteiger partial charge in [0, 0.05) is 26.2 Å². The molecule has 1 aromatic carbocycles. The van der Waals surface area contributed by atoms with Crippen molar-refractivity contribution in [2.45, 2.75) is 24.7 Å². The summed E-state index contributed by atoms with van der Waals surface area (Å²) in [4.78, 5) is 27.4. The van der Waals surface area contributed by atoms with Gasteiger partial charge in [0.15, 0.2) is 0 Å². The number of morpholine rings is 1. The van der Waals surface area contributed by atoms with Crippen LogP contribution in [0.3, 0.4) is 0 Å². The molecule has 0 bridgehead atoms. The number of carbonyl (C=O) groups excluding carboxylic acids is 2. The highest BCUT2D eigenvalue weighted by Gasteiger charge is 2.39. The first kappa shape index (κ1) is 21.7. The number of nitrogens with one attached hydrogen (secondary N) is 1. The fraction of sp³-hybridized carbons (Fsp3) is 0.500. The van der Waals surface area contributed by atoms with Crippen molar-refractivity contribution in [3.63, 3.8) is 0 Å². The molecule has 2 atom stereocenters. The summed E-state index contributed by atoms with van der Waals surface area (Å²) < 4.78 is 57.6. The molecule has 1 aromatic rings. The van der Waals surface area contributed by atoms with Gasteiger partial charge in [0.1, 0.15) is 12.4 Å². The van der Waals surface area contributed by atoms with Gasteiger partial charge in [-0.15, -0.1) is 0 Å². The molecule has 3 aliphatic rings. The van der Waals surface area contributed by atoms with Crippen molar-refractivity contribution in [1.29, 1.82) is 0 Å². The molecule has 6 nitrogen and oxygen atoms in total. The second-order valence-corrected chi connectivity index (χ2v) is 8.13. The monoisotopic (exact) mass is 459 g/mol. The molecule has 0 saturated carbocycles. The van der Waals surface area contributed by atoms with E-state index in [4.69, 9.17) is 16.3 Å². The van der Waals surface area contributed by atoms with Gasteiger partial charge in [-0.25, -0.2) is 9.18 Å². The van der Waals surface area contributed by atoms with E-state index < -0.39 is 22.6 Å². The topological polar surface area (TPSA) is 61.9 Å². The molecule has 166 valence electrons. The van der Waals surface area contributed by atoms with Crippen LogP contribution < -0.4 is 5.32 Å². The van der Waals surface area contributed by atoms with Crippen LogP contribution in [0, 0.1) is 23.6 Å². The van der Waals surface area contributed by atoms with Crippen LogP contribution in [0.1, 0.15) is 17.5 Å². The Hall–Kier alpha value is -2.51. The maximum atomic E-state index is 14.0. The predicted molar refractivity (Wildman–Crippen MR) is 102 cm³/mol. The van der Waals surface area contributed by atoms with Crippen molar-refractivity contribution in [1.82, 2.24) is 15.1 Å². The van der Waals surface area contributed by atoms with E-state index in [1.165, 1.54) is 0 Å². The lowest BCUT2D eigenvalue weighted by molar-refractivity contribution is -0.140. The van der Waals surface area contributed by atoms with Crippen molar-refractivity contribution in [3.8, 4) is 11.8 Å². The standard InChI is InChI=1S/C20H18ClF4N3O3/c21-14-5-12(20(23,24)25)6-15(22)13(14)2-1-11-7-28(8-11)19(30)27-4-3-17-16(9-27)26-18(29)10-31-17/h5-6,11,16-17H,3-4,7-10H2,(H,26,29)/t16-,17+/m1/s1. The highest BCUT2D eigenvalue weighted by atomic mass is 35.5. The molecule has 3 heterocycles.